The van der Waals surface area contributed by atoms with Crippen molar-refractivity contribution in [2.75, 3.05) is 18.2 Å². The normalized spacial score (nSPS) is 10.5. The number of hydrogen-bond acceptors (Lipinski definition) is 7. The lowest BCUT2D eigenvalue weighted by Gasteiger charge is -2.11. The zero-order chi connectivity index (χ0) is 18.4. The zero-order valence-electron chi connectivity index (χ0n) is 14.8. The fourth-order valence-corrected chi connectivity index (χ4v) is 3.39. The maximum Gasteiger partial charge on any atom is 0.232 e. The maximum absolute atomic E-state index is 5.87. The second kappa shape index (κ2) is 8.53. The molecule has 3 rings (SSSR count). The van der Waals surface area contributed by atoms with Crippen molar-refractivity contribution >= 4 is 29.3 Å². The molecule has 0 unspecified atom stereocenters. The van der Waals surface area contributed by atoms with Crippen LogP contribution in [0.4, 0.5) is 17.6 Å². The van der Waals surface area contributed by atoms with Gasteiger partial charge in [0.05, 0.1) is 12.9 Å². The van der Waals surface area contributed by atoms with E-state index in [1.165, 1.54) is 5.56 Å². The molecule has 0 radical (unpaired) electrons. The third-order valence-electron chi connectivity index (χ3n) is 3.77. The first kappa shape index (κ1) is 18.0. The van der Waals surface area contributed by atoms with E-state index in [-0.39, 0.29) is 5.95 Å². The van der Waals surface area contributed by atoms with Gasteiger partial charge >= 0.3 is 0 Å². The van der Waals surface area contributed by atoms with E-state index in [2.05, 4.69) is 33.3 Å². The molecule has 3 N–H and O–H groups in total. The van der Waals surface area contributed by atoms with Gasteiger partial charge in [0.25, 0.3) is 0 Å². The van der Waals surface area contributed by atoms with Crippen LogP contribution in [-0.4, -0.2) is 22.1 Å². The number of hydrogen-bond donors (Lipinski definition) is 2. The Morgan fingerprint density at radius 3 is 2.62 bits per heavy atom. The van der Waals surface area contributed by atoms with Crippen LogP contribution in [0.5, 0.6) is 5.75 Å². The van der Waals surface area contributed by atoms with Crippen molar-refractivity contribution < 1.29 is 4.74 Å². The molecular formula is C19H21N5OS. The molecule has 6 nitrogen and oxygen atoms in total. The average Bonchev–Trinajstić information content (AvgIpc) is 2.66. The van der Waals surface area contributed by atoms with Crippen LogP contribution in [0.1, 0.15) is 18.3 Å². The number of nitrogen functional groups attached to an aromatic ring is 1. The Morgan fingerprint density at radius 2 is 1.81 bits per heavy atom. The second-order valence-electron chi connectivity index (χ2n) is 5.51. The van der Waals surface area contributed by atoms with Gasteiger partial charge in [0, 0.05) is 10.6 Å². The first-order valence-electron chi connectivity index (χ1n) is 8.30. The maximum atomic E-state index is 5.87. The summed E-state index contributed by atoms with van der Waals surface area (Å²) in [4.78, 5) is 14.0. The average molecular weight is 367 g/mol. The number of nitrogens with two attached hydrogens (primary N) is 1. The summed E-state index contributed by atoms with van der Waals surface area (Å²) in [6.45, 7) is 2.11. The molecule has 0 aliphatic heterocycles. The van der Waals surface area contributed by atoms with Crippen LogP contribution in [0, 0.1) is 0 Å². The lowest BCUT2D eigenvalue weighted by molar-refractivity contribution is 0.405. The topological polar surface area (TPSA) is 86.0 Å². The number of rotatable bonds is 7. The number of nitrogens with zero attached hydrogens (tertiary/aromatic N) is 3. The van der Waals surface area contributed by atoms with Gasteiger partial charge in [-0.2, -0.15) is 15.0 Å². The Labute approximate surface area is 157 Å². The Bertz CT molecular complexity index is 887. The molecule has 0 saturated heterocycles. The van der Waals surface area contributed by atoms with Crippen molar-refractivity contribution in [2.45, 2.75) is 24.0 Å². The lowest BCUT2D eigenvalue weighted by atomic mass is 10.1. The van der Waals surface area contributed by atoms with Gasteiger partial charge in [-0.3, -0.25) is 0 Å². The number of anilines is 3. The molecule has 0 aliphatic rings. The van der Waals surface area contributed by atoms with Gasteiger partial charge < -0.3 is 15.8 Å². The number of aromatic nitrogens is 3. The van der Waals surface area contributed by atoms with Gasteiger partial charge in [-0.15, -0.1) is 11.8 Å². The largest absolute Gasteiger partial charge is 0.496 e. The van der Waals surface area contributed by atoms with Gasteiger partial charge in [-0.1, -0.05) is 37.3 Å². The third-order valence-corrected chi connectivity index (χ3v) is 4.82. The number of nitrogens with one attached hydrogen (secondary N) is 1. The van der Waals surface area contributed by atoms with Crippen molar-refractivity contribution in [1.82, 2.24) is 15.0 Å². The minimum atomic E-state index is 0.201. The third kappa shape index (κ3) is 4.43. The molecule has 0 bridgehead atoms. The molecule has 3 aromatic rings. The van der Waals surface area contributed by atoms with Crippen LogP contribution in [-0.2, 0) is 12.2 Å². The van der Waals surface area contributed by atoms with E-state index < -0.39 is 0 Å². The molecule has 0 saturated carbocycles. The van der Waals surface area contributed by atoms with Crippen LogP contribution >= 0.6 is 11.8 Å². The van der Waals surface area contributed by atoms with Crippen LogP contribution in [0.25, 0.3) is 0 Å². The summed E-state index contributed by atoms with van der Waals surface area (Å²) in [5.41, 5.74) is 8.04. The summed E-state index contributed by atoms with van der Waals surface area (Å²) < 4.78 is 5.37. The van der Waals surface area contributed by atoms with Crippen molar-refractivity contribution in [1.29, 1.82) is 0 Å². The molecule has 0 spiro atoms. The Hall–Kier alpha value is -2.80. The number of thioether (sulfide) groups is 1. The molecule has 1 heterocycles. The van der Waals surface area contributed by atoms with E-state index in [9.17, 15) is 0 Å². The standard InChI is InChI=1S/C19H21N5OS/c1-3-13-8-4-5-9-14(13)21-19-23-17(22-18(20)24-19)12-26-16-11-7-6-10-15(16)25-2/h4-11H,3,12H2,1-2H3,(H3,20,21,22,23,24). The highest BCUT2D eigenvalue weighted by molar-refractivity contribution is 7.98. The highest BCUT2D eigenvalue weighted by Crippen LogP contribution is 2.30. The SMILES string of the molecule is CCc1ccccc1Nc1nc(N)nc(CSc2ccccc2OC)n1. The van der Waals surface area contributed by atoms with Crippen LogP contribution in [0.2, 0.25) is 0 Å². The predicted octanol–water partition coefficient (Wildman–Crippen LogP) is 4.06. The smallest absolute Gasteiger partial charge is 0.232 e. The fourth-order valence-electron chi connectivity index (χ4n) is 2.51. The summed E-state index contributed by atoms with van der Waals surface area (Å²) in [6.07, 6.45) is 0.917. The Kier molecular flexibility index (Phi) is 5.91. The monoisotopic (exact) mass is 367 g/mol. The molecule has 0 aliphatic carbocycles. The summed E-state index contributed by atoms with van der Waals surface area (Å²) in [7, 11) is 1.66. The van der Waals surface area contributed by atoms with E-state index in [4.69, 9.17) is 10.5 Å². The predicted molar refractivity (Wildman–Crippen MR) is 106 cm³/mol. The first-order chi connectivity index (χ1) is 12.7. The van der Waals surface area contributed by atoms with Gasteiger partial charge in [-0.25, -0.2) is 0 Å². The molecule has 0 amide bonds. The van der Waals surface area contributed by atoms with Crippen molar-refractivity contribution in [2.24, 2.45) is 0 Å². The van der Waals surface area contributed by atoms with E-state index in [0.717, 1.165) is 22.8 Å². The molecule has 26 heavy (non-hydrogen) atoms. The second-order valence-corrected chi connectivity index (χ2v) is 6.53. The summed E-state index contributed by atoms with van der Waals surface area (Å²) in [5, 5.41) is 3.25. The van der Waals surface area contributed by atoms with E-state index in [1.807, 2.05) is 42.5 Å². The summed E-state index contributed by atoms with van der Waals surface area (Å²) in [5.74, 6) is 2.66. The number of aryl methyl sites for hydroxylation is 1. The fraction of sp³-hybridized carbons (Fsp3) is 0.211. The number of para-hydroxylation sites is 2. The van der Waals surface area contributed by atoms with E-state index >= 15 is 0 Å². The van der Waals surface area contributed by atoms with Crippen LogP contribution in [0.15, 0.2) is 53.4 Å². The van der Waals surface area contributed by atoms with Crippen molar-refractivity contribution in [3.63, 3.8) is 0 Å². The molecule has 0 fully saturated rings. The lowest BCUT2D eigenvalue weighted by Crippen LogP contribution is -2.07. The molecule has 0 atom stereocenters. The summed E-state index contributed by atoms with van der Waals surface area (Å²) in [6, 6.07) is 15.9. The minimum Gasteiger partial charge on any atom is -0.496 e. The highest BCUT2D eigenvalue weighted by atomic mass is 32.2. The minimum absolute atomic E-state index is 0.201. The Morgan fingerprint density at radius 1 is 1.04 bits per heavy atom. The van der Waals surface area contributed by atoms with Gasteiger partial charge in [-0.05, 0) is 30.2 Å². The van der Waals surface area contributed by atoms with E-state index in [1.54, 1.807) is 18.9 Å². The van der Waals surface area contributed by atoms with Gasteiger partial charge in [0.1, 0.15) is 11.6 Å². The number of benzene rings is 2. The number of methoxy groups -OCH3 is 1. The molecule has 2 aromatic carbocycles. The van der Waals surface area contributed by atoms with Crippen molar-refractivity contribution in [3.8, 4) is 5.75 Å². The Balaban J connectivity index is 1.77. The van der Waals surface area contributed by atoms with Gasteiger partial charge in [0.2, 0.25) is 11.9 Å². The quantitative estimate of drug-likeness (QED) is 0.609. The van der Waals surface area contributed by atoms with Crippen LogP contribution < -0.4 is 15.8 Å². The molecule has 134 valence electrons. The highest BCUT2D eigenvalue weighted by Gasteiger charge is 2.09. The van der Waals surface area contributed by atoms with Gasteiger partial charge in [0.15, 0.2) is 0 Å². The number of ether oxygens (including phenoxy) is 1. The zero-order valence-corrected chi connectivity index (χ0v) is 15.6. The van der Waals surface area contributed by atoms with E-state index in [0.29, 0.717) is 17.5 Å². The summed E-state index contributed by atoms with van der Waals surface area (Å²) >= 11 is 1.59. The molecule has 7 heteroatoms. The molecular weight excluding hydrogens is 346 g/mol. The molecule has 1 aromatic heterocycles. The first-order valence-corrected chi connectivity index (χ1v) is 9.29. The van der Waals surface area contributed by atoms with Crippen molar-refractivity contribution in [3.05, 3.63) is 59.9 Å². The van der Waals surface area contributed by atoms with Crippen LogP contribution in [0.3, 0.4) is 0 Å².